The first-order valence-electron chi connectivity index (χ1n) is 6.24. The maximum Gasteiger partial charge on any atom is 0.241 e. The number of rotatable bonds is 5. The summed E-state index contributed by atoms with van der Waals surface area (Å²) in [6, 6.07) is 8.18. The number of nitrogen functional groups attached to an aromatic ring is 1. The van der Waals surface area contributed by atoms with Crippen molar-refractivity contribution >= 4 is 11.6 Å². The molecule has 19 heavy (non-hydrogen) atoms. The van der Waals surface area contributed by atoms with Gasteiger partial charge in [-0.1, -0.05) is 24.3 Å². The van der Waals surface area contributed by atoms with Gasteiger partial charge in [-0.3, -0.25) is 9.48 Å². The first-order chi connectivity index (χ1) is 9.15. The quantitative estimate of drug-likeness (QED) is 0.844. The zero-order chi connectivity index (χ0) is 13.7. The van der Waals surface area contributed by atoms with Gasteiger partial charge in [0, 0.05) is 12.7 Å². The summed E-state index contributed by atoms with van der Waals surface area (Å²) in [6.07, 6.45) is 4.00. The molecular weight excluding hydrogens is 240 g/mol. The van der Waals surface area contributed by atoms with Crippen LogP contribution in [0.2, 0.25) is 0 Å². The van der Waals surface area contributed by atoms with Crippen LogP contribution in [0.1, 0.15) is 11.1 Å². The van der Waals surface area contributed by atoms with E-state index in [1.807, 2.05) is 12.1 Å². The van der Waals surface area contributed by atoms with Gasteiger partial charge in [-0.25, -0.2) is 0 Å². The Bertz CT molecular complexity index is 562. The molecule has 5 heteroatoms. The second-order valence-electron chi connectivity index (χ2n) is 4.50. The number of nitrogens with one attached hydrogen (secondary N) is 1. The summed E-state index contributed by atoms with van der Waals surface area (Å²) in [5.41, 5.74) is 8.60. The Morgan fingerprint density at radius 3 is 2.89 bits per heavy atom. The third-order valence-electron chi connectivity index (χ3n) is 2.94. The number of carbonyl (C=O) groups is 1. The van der Waals surface area contributed by atoms with Gasteiger partial charge in [-0.05, 0) is 24.5 Å². The van der Waals surface area contributed by atoms with Gasteiger partial charge < -0.3 is 11.1 Å². The van der Waals surface area contributed by atoms with Crippen molar-refractivity contribution in [2.75, 3.05) is 12.3 Å². The van der Waals surface area contributed by atoms with Crippen LogP contribution in [0, 0.1) is 6.92 Å². The smallest absolute Gasteiger partial charge is 0.241 e. The van der Waals surface area contributed by atoms with Crippen LogP contribution in [-0.2, 0) is 17.8 Å². The zero-order valence-corrected chi connectivity index (χ0v) is 11.0. The predicted molar refractivity (Wildman–Crippen MR) is 74.5 cm³/mol. The molecule has 0 aliphatic heterocycles. The van der Waals surface area contributed by atoms with Gasteiger partial charge in [0.25, 0.3) is 0 Å². The predicted octanol–water partition coefficient (Wildman–Crippen LogP) is 1.13. The average molecular weight is 258 g/mol. The number of carbonyl (C=O) groups excluding carboxylic acids is 1. The minimum atomic E-state index is -0.0586. The van der Waals surface area contributed by atoms with Crippen LogP contribution >= 0.6 is 0 Å². The molecule has 0 fully saturated rings. The van der Waals surface area contributed by atoms with E-state index >= 15 is 0 Å². The lowest BCUT2D eigenvalue weighted by molar-refractivity contribution is -0.121. The van der Waals surface area contributed by atoms with E-state index in [-0.39, 0.29) is 12.5 Å². The van der Waals surface area contributed by atoms with Crippen LogP contribution in [0.3, 0.4) is 0 Å². The van der Waals surface area contributed by atoms with Crippen molar-refractivity contribution in [3.8, 4) is 0 Å². The summed E-state index contributed by atoms with van der Waals surface area (Å²) in [7, 11) is 0. The number of hydrogen-bond acceptors (Lipinski definition) is 3. The number of aryl methyl sites for hydroxylation is 1. The van der Waals surface area contributed by atoms with Crippen LogP contribution in [0.4, 0.5) is 5.69 Å². The SMILES string of the molecule is Cc1ccccc1CCNC(=O)Cn1cc(N)cn1. The molecule has 1 aromatic carbocycles. The van der Waals surface area contributed by atoms with Gasteiger partial charge in [0.1, 0.15) is 6.54 Å². The Balaban J connectivity index is 1.77. The summed E-state index contributed by atoms with van der Waals surface area (Å²) >= 11 is 0. The van der Waals surface area contributed by atoms with E-state index < -0.39 is 0 Å². The van der Waals surface area contributed by atoms with Crippen molar-refractivity contribution in [3.05, 3.63) is 47.8 Å². The molecule has 100 valence electrons. The van der Waals surface area contributed by atoms with E-state index in [9.17, 15) is 4.79 Å². The van der Waals surface area contributed by atoms with Gasteiger partial charge in [-0.15, -0.1) is 0 Å². The van der Waals surface area contributed by atoms with E-state index in [1.165, 1.54) is 22.0 Å². The molecule has 2 aromatic rings. The van der Waals surface area contributed by atoms with Crippen molar-refractivity contribution < 1.29 is 4.79 Å². The third kappa shape index (κ3) is 3.84. The molecule has 0 unspecified atom stereocenters. The first kappa shape index (κ1) is 13.1. The molecule has 0 aliphatic carbocycles. The summed E-state index contributed by atoms with van der Waals surface area (Å²) in [4.78, 5) is 11.7. The monoisotopic (exact) mass is 258 g/mol. The van der Waals surface area contributed by atoms with E-state index in [2.05, 4.69) is 29.5 Å². The van der Waals surface area contributed by atoms with Crippen LogP contribution in [0.5, 0.6) is 0 Å². The lowest BCUT2D eigenvalue weighted by Crippen LogP contribution is -2.29. The third-order valence-corrected chi connectivity index (χ3v) is 2.94. The fourth-order valence-corrected chi connectivity index (χ4v) is 1.90. The molecule has 1 aromatic heterocycles. The van der Waals surface area contributed by atoms with Crippen molar-refractivity contribution in [2.24, 2.45) is 0 Å². The van der Waals surface area contributed by atoms with E-state index in [1.54, 1.807) is 6.20 Å². The zero-order valence-electron chi connectivity index (χ0n) is 11.0. The Morgan fingerprint density at radius 1 is 1.42 bits per heavy atom. The van der Waals surface area contributed by atoms with Crippen molar-refractivity contribution in [1.29, 1.82) is 0 Å². The topological polar surface area (TPSA) is 72.9 Å². The second kappa shape index (κ2) is 6.04. The molecule has 0 saturated carbocycles. The molecule has 3 N–H and O–H groups in total. The van der Waals surface area contributed by atoms with Crippen molar-refractivity contribution in [2.45, 2.75) is 19.9 Å². The molecule has 5 nitrogen and oxygen atoms in total. The second-order valence-corrected chi connectivity index (χ2v) is 4.50. The van der Waals surface area contributed by atoms with Crippen molar-refractivity contribution in [3.63, 3.8) is 0 Å². The Labute approximate surface area is 112 Å². The lowest BCUT2D eigenvalue weighted by atomic mass is 10.1. The standard InChI is InChI=1S/C14H18N4O/c1-11-4-2-3-5-12(11)6-7-16-14(19)10-18-9-13(15)8-17-18/h2-5,8-9H,6-7,10,15H2,1H3,(H,16,19). The molecule has 0 bridgehead atoms. The van der Waals surface area contributed by atoms with Crippen LogP contribution in [0.25, 0.3) is 0 Å². The molecule has 1 amide bonds. The van der Waals surface area contributed by atoms with Crippen molar-refractivity contribution in [1.82, 2.24) is 15.1 Å². The van der Waals surface area contributed by atoms with Gasteiger partial charge in [0.05, 0.1) is 11.9 Å². The van der Waals surface area contributed by atoms with Gasteiger partial charge in [0.15, 0.2) is 0 Å². The highest BCUT2D eigenvalue weighted by molar-refractivity contribution is 5.75. The number of nitrogens with zero attached hydrogens (tertiary/aromatic N) is 2. The minimum Gasteiger partial charge on any atom is -0.396 e. The molecule has 0 atom stereocenters. The van der Waals surface area contributed by atoms with Gasteiger partial charge >= 0.3 is 0 Å². The molecule has 0 saturated heterocycles. The average Bonchev–Trinajstić information content (AvgIpc) is 2.77. The largest absolute Gasteiger partial charge is 0.396 e. The van der Waals surface area contributed by atoms with E-state index in [4.69, 9.17) is 5.73 Å². The molecular formula is C14H18N4O. The number of anilines is 1. The highest BCUT2D eigenvalue weighted by Crippen LogP contribution is 2.06. The van der Waals surface area contributed by atoms with E-state index in [0.717, 1.165) is 6.42 Å². The summed E-state index contributed by atoms with van der Waals surface area (Å²) in [5, 5.41) is 6.84. The molecule has 1 heterocycles. The fraction of sp³-hybridized carbons (Fsp3) is 0.286. The summed E-state index contributed by atoms with van der Waals surface area (Å²) < 4.78 is 1.53. The Morgan fingerprint density at radius 2 is 2.21 bits per heavy atom. The number of benzene rings is 1. The first-order valence-corrected chi connectivity index (χ1v) is 6.24. The number of nitrogens with two attached hydrogens (primary N) is 1. The van der Waals surface area contributed by atoms with Gasteiger partial charge in [0.2, 0.25) is 5.91 Å². The summed E-state index contributed by atoms with van der Waals surface area (Å²) in [5.74, 6) is -0.0586. The number of aromatic nitrogens is 2. The number of amides is 1. The highest BCUT2D eigenvalue weighted by atomic mass is 16.2. The van der Waals surface area contributed by atoms with Gasteiger partial charge in [-0.2, -0.15) is 5.10 Å². The Hall–Kier alpha value is -2.30. The minimum absolute atomic E-state index is 0.0586. The normalized spacial score (nSPS) is 10.4. The Kier molecular flexibility index (Phi) is 4.18. The molecule has 0 spiro atoms. The van der Waals surface area contributed by atoms with Crippen LogP contribution < -0.4 is 11.1 Å². The maximum absolute atomic E-state index is 11.7. The number of hydrogen-bond donors (Lipinski definition) is 2. The molecule has 2 rings (SSSR count). The molecule has 0 radical (unpaired) electrons. The maximum atomic E-state index is 11.7. The van der Waals surface area contributed by atoms with E-state index in [0.29, 0.717) is 12.2 Å². The highest BCUT2D eigenvalue weighted by Gasteiger charge is 2.04. The van der Waals surface area contributed by atoms with Crippen LogP contribution in [-0.4, -0.2) is 22.2 Å². The summed E-state index contributed by atoms with van der Waals surface area (Å²) in [6.45, 7) is 2.90. The fourth-order valence-electron chi connectivity index (χ4n) is 1.90. The lowest BCUT2D eigenvalue weighted by Gasteiger charge is -2.07. The molecule has 0 aliphatic rings. The van der Waals surface area contributed by atoms with Crippen LogP contribution in [0.15, 0.2) is 36.7 Å².